The number of benzene rings is 1. The van der Waals surface area contributed by atoms with Crippen molar-refractivity contribution in [3.63, 3.8) is 0 Å². The van der Waals surface area contributed by atoms with Crippen molar-refractivity contribution in [1.82, 2.24) is 10.2 Å². The minimum Gasteiger partial charge on any atom is -0.488 e. The van der Waals surface area contributed by atoms with Crippen molar-refractivity contribution in [2.75, 3.05) is 52.9 Å². The summed E-state index contributed by atoms with van der Waals surface area (Å²) in [6.45, 7) is 4.43. The molecule has 12 heteroatoms. The van der Waals surface area contributed by atoms with Crippen molar-refractivity contribution in [2.24, 2.45) is 0 Å². The first-order chi connectivity index (χ1) is 17.4. The number of fused-ring (bicyclic) bond motifs is 1. The zero-order chi connectivity index (χ0) is 25.9. The van der Waals surface area contributed by atoms with Crippen LogP contribution in [0.5, 0.6) is 5.75 Å². The van der Waals surface area contributed by atoms with E-state index in [9.17, 15) is 24.0 Å². The van der Waals surface area contributed by atoms with Gasteiger partial charge < -0.3 is 28.5 Å². The SMILES string of the molecule is CC(COCCOCCOCCOCC=O)Oc1ccc2c(c1)C(=O)N(C1CCC(=O)NC1=O)C2=O. The molecule has 0 bridgehead atoms. The van der Waals surface area contributed by atoms with Crippen LogP contribution in [0, 0.1) is 0 Å². The Morgan fingerprint density at radius 2 is 1.58 bits per heavy atom. The van der Waals surface area contributed by atoms with Gasteiger partial charge in [0.25, 0.3) is 11.8 Å². The van der Waals surface area contributed by atoms with Gasteiger partial charge in [0.1, 0.15) is 30.8 Å². The lowest BCUT2D eigenvalue weighted by atomic mass is 10.0. The number of piperidine rings is 1. The average molecular weight is 507 g/mol. The first-order valence-corrected chi connectivity index (χ1v) is 11.7. The molecule has 1 fully saturated rings. The van der Waals surface area contributed by atoms with Gasteiger partial charge in [0.2, 0.25) is 11.8 Å². The van der Waals surface area contributed by atoms with Gasteiger partial charge in [-0.05, 0) is 31.5 Å². The number of amides is 4. The summed E-state index contributed by atoms with van der Waals surface area (Å²) in [6.07, 6.45) is 0.509. The van der Waals surface area contributed by atoms with Gasteiger partial charge in [0.15, 0.2) is 0 Å². The fourth-order valence-corrected chi connectivity index (χ4v) is 3.73. The number of nitrogens with zero attached hydrogens (tertiary/aromatic N) is 1. The number of carbonyl (C=O) groups excluding carboxylic acids is 5. The standard InChI is InChI=1S/C24H30N2O10/c1-16(15-35-13-12-34-11-10-33-9-8-32-7-6-27)36-17-2-3-18-19(14-17)24(31)26(23(18)30)20-4-5-21(28)25-22(20)29/h2-3,6,14,16,20H,4-5,7-13,15H2,1H3,(H,25,28,29). The minimum atomic E-state index is -1.01. The third-order valence-corrected chi connectivity index (χ3v) is 5.40. The second-order valence-corrected chi connectivity index (χ2v) is 8.12. The first kappa shape index (κ1) is 27.4. The van der Waals surface area contributed by atoms with Gasteiger partial charge in [0, 0.05) is 6.42 Å². The number of aldehydes is 1. The quantitative estimate of drug-likeness (QED) is 0.186. The lowest BCUT2D eigenvalue weighted by Gasteiger charge is -2.27. The molecule has 0 radical (unpaired) electrons. The number of nitrogens with one attached hydrogen (secondary N) is 1. The van der Waals surface area contributed by atoms with Crippen molar-refractivity contribution in [3.05, 3.63) is 29.3 Å². The zero-order valence-electron chi connectivity index (χ0n) is 20.1. The van der Waals surface area contributed by atoms with E-state index in [1.165, 1.54) is 12.1 Å². The van der Waals surface area contributed by atoms with E-state index in [1.807, 2.05) is 0 Å². The Hall–Kier alpha value is -3.19. The van der Waals surface area contributed by atoms with E-state index in [-0.39, 0.29) is 43.3 Å². The number of hydrogen-bond acceptors (Lipinski definition) is 10. The van der Waals surface area contributed by atoms with E-state index < -0.39 is 29.7 Å². The first-order valence-electron chi connectivity index (χ1n) is 11.7. The van der Waals surface area contributed by atoms with Crippen molar-refractivity contribution >= 4 is 29.9 Å². The predicted octanol–water partition coefficient (Wildman–Crippen LogP) is 0.120. The Labute approximate surface area is 208 Å². The Kier molecular flexibility index (Phi) is 10.5. The molecule has 12 nitrogen and oxygen atoms in total. The summed E-state index contributed by atoms with van der Waals surface area (Å²) in [6, 6.07) is 3.55. The minimum absolute atomic E-state index is 0.0623. The molecule has 3 rings (SSSR count). The maximum atomic E-state index is 12.9. The number of ether oxygens (including phenoxy) is 5. The van der Waals surface area contributed by atoms with Crippen LogP contribution in [0.3, 0.4) is 0 Å². The fourth-order valence-electron chi connectivity index (χ4n) is 3.73. The van der Waals surface area contributed by atoms with Crippen LogP contribution in [0.25, 0.3) is 0 Å². The van der Waals surface area contributed by atoms with Crippen LogP contribution in [-0.4, -0.2) is 99.8 Å². The van der Waals surface area contributed by atoms with Gasteiger partial charge in [-0.15, -0.1) is 0 Å². The van der Waals surface area contributed by atoms with Crippen molar-refractivity contribution in [2.45, 2.75) is 31.9 Å². The van der Waals surface area contributed by atoms with Crippen molar-refractivity contribution < 1.29 is 47.7 Å². The summed E-state index contributed by atoms with van der Waals surface area (Å²) in [5.74, 6) is -1.84. The molecule has 1 aromatic rings. The van der Waals surface area contributed by atoms with Crippen LogP contribution < -0.4 is 10.1 Å². The van der Waals surface area contributed by atoms with Crippen LogP contribution in [0.1, 0.15) is 40.5 Å². The maximum absolute atomic E-state index is 12.9. The Bertz CT molecular complexity index is 966. The topological polar surface area (TPSA) is 147 Å². The largest absolute Gasteiger partial charge is 0.488 e. The third kappa shape index (κ3) is 7.40. The van der Waals surface area contributed by atoms with E-state index in [2.05, 4.69) is 5.32 Å². The molecule has 1 saturated heterocycles. The molecule has 0 saturated carbocycles. The van der Waals surface area contributed by atoms with Gasteiger partial charge in [0.05, 0.1) is 57.4 Å². The average Bonchev–Trinajstić information content (AvgIpc) is 3.09. The molecule has 2 heterocycles. The van der Waals surface area contributed by atoms with Gasteiger partial charge in [-0.3, -0.25) is 29.4 Å². The van der Waals surface area contributed by atoms with E-state index in [0.29, 0.717) is 51.7 Å². The van der Waals surface area contributed by atoms with Crippen molar-refractivity contribution in [3.8, 4) is 5.75 Å². The highest BCUT2D eigenvalue weighted by Crippen LogP contribution is 2.30. The number of carbonyl (C=O) groups is 5. The summed E-state index contributed by atoms with van der Waals surface area (Å²) in [4.78, 5) is 60.2. The molecule has 2 unspecified atom stereocenters. The van der Waals surface area contributed by atoms with Crippen LogP contribution in [-0.2, 0) is 33.3 Å². The molecule has 2 aliphatic rings. The number of rotatable bonds is 16. The molecule has 2 aliphatic heterocycles. The van der Waals surface area contributed by atoms with Gasteiger partial charge in [-0.2, -0.15) is 0 Å². The molecule has 2 atom stereocenters. The molecule has 1 aromatic carbocycles. The molecule has 1 N–H and O–H groups in total. The normalized spacial score (nSPS) is 18.2. The number of hydrogen-bond donors (Lipinski definition) is 1. The van der Waals surface area contributed by atoms with Gasteiger partial charge in [-0.1, -0.05) is 0 Å². The lowest BCUT2D eigenvalue weighted by Crippen LogP contribution is -2.54. The van der Waals surface area contributed by atoms with E-state index in [0.717, 1.165) is 4.90 Å². The smallest absolute Gasteiger partial charge is 0.262 e. The monoisotopic (exact) mass is 506 g/mol. The highest BCUT2D eigenvalue weighted by molar-refractivity contribution is 6.23. The summed E-state index contributed by atoms with van der Waals surface area (Å²) < 4.78 is 27.0. The van der Waals surface area contributed by atoms with Crippen molar-refractivity contribution in [1.29, 1.82) is 0 Å². The molecule has 0 aromatic heterocycles. The van der Waals surface area contributed by atoms with E-state index in [4.69, 9.17) is 23.7 Å². The molecule has 0 aliphatic carbocycles. The zero-order valence-corrected chi connectivity index (χ0v) is 20.1. The third-order valence-electron chi connectivity index (χ3n) is 5.40. The molecule has 196 valence electrons. The summed E-state index contributed by atoms with van der Waals surface area (Å²) >= 11 is 0. The Morgan fingerprint density at radius 1 is 0.944 bits per heavy atom. The molecular weight excluding hydrogens is 476 g/mol. The second kappa shape index (κ2) is 13.8. The number of imide groups is 2. The second-order valence-electron chi connectivity index (χ2n) is 8.12. The van der Waals surface area contributed by atoms with Gasteiger partial charge in [-0.25, -0.2) is 0 Å². The summed E-state index contributed by atoms with van der Waals surface area (Å²) in [5, 5.41) is 2.17. The van der Waals surface area contributed by atoms with Crippen LogP contribution in [0.4, 0.5) is 0 Å². The van der Waals surface area contributed by atoms with E-state index in [1.54, 1.807) is 13.0 Å². The molecule has 0 spiro atoms. The fraction of sp³-hybridized carbons (Fsp3) is 0.542. The van der Waals surface area contributed by atoms with Crippen LogP contribution in [0.2, 0.25) is 0 Å². The highest BCUT2D eigenvalue weighted by atomic mass is 16.6. The highest BCUT2D eigenvalue weighted by Gasteiger charge is 2.44. The summed E-state index contributed by atoms with van der Waals surface area (Å²) in [7, 11) is 0. The Balaban J connectivity index is 1.36. The molecule has 36 heavy (non-hydrogen) atoms. The lowest BCUT2D eigenvalue weighted by molar-refractivity contribution is -0.136. The van der Waals surface area contributed by atoms with E-state index >= 15 is 0 Å². The maximum Gasteiger partial charge on any atom is 0.262 e. The summed E-state index contributed by atoms with van der Waals surface area (Å²) in [5.41, 5.74) is 0.344. The van der Waals surface area contributed by atoms with Gasteiger partial charge >= 0.3 is 0 Å². The van der Waals surface area contributed by atoms with Crippen LogP contribution in [0.15, 0.2) is 18.2 Å². The predicted molar refractivity (Wildman–Crippen MR) is 123 cm³/mol. The molecule has 4 amide bonds. The Morgan fingerprint density at radius 3 is 2.25 bits per heavy atom. The van der Waals surface area contributed by atoms with Crippen LogP contribution >= 0.6 is 0 Å². The molecular formula is C24H30N2O10.